The normalized spacial score (nSPS) is 9.77. The minimum Gasteiger partial charge on any atom is -0.489 e. The Balaban J connectivity index is 3.38. The molecule has 0 N–H and O–H groups in total. The molecule has 0 atom stereocenters. The number of hydrogen-bond acceptors (Lipinski definition) is 3. The smallest absolute Gasteiger partial charge is 0.313 e. The molecule has 0 aliphatic rings. The number of nitro benzene ring substituents is 1. The maximum absolute atomic E-state index is 10.6. The molecule has 0 bridgehead atoms. The van der Waals surface area contributed by atoms with Crippen molar-refractivity contribution in [2.75, 3.05) is 7.11 Å². The van der Waals surface area contributed by atoms with Gasteiger partial charge in [0.15, 0.2) is 0 Å². The Kier molecular flexibility index (Phi) is 3.48. The van der Waals surface area contributed by atoms with Crippen molar-refractivity contribution in [3.8, 4) is 5.75 Å². The van der Waals surface area contributed by atoms with Crippen molar-refractivity contribution < 1.29 is 9.66 Å². The molecule has 13 heavy (non-hydrogen) atoms. The maximum atomic E-state index is 10.6. The highest BCUT2D eigenvalue weighted by Gasteiger charge is 2.18. The summed E-state index contributed by atoms with van der Waals surface area (Å²) in [7, 11) is 1.42. The fourth-order valence-electron chi connectivity index (χ4n) is 0.884. The Morgan fingerprint density at radius 1 is 1.62 bits per heavy atom. The summed E-state index contributed by atoms with van der Waals surface area (Å²) < 4.78 is 6.30. The Morgan fingerprint density at radius 3 is 2.69 bits per heavy atom. The quantitative estimate of drug-likeness (QED) is 0.464. The summed E-state index contributed by atoms with van der Waals surface area (Å²) in [4.78, 5) is 10.1. The van der Waals surface area contributed by atoms with Crippen LogP contribution in [0.1, 0.15) is 0 Å². The minimum atomic E-state index is -0.467. The third kappa shape index (κ3) is 2.31. The summed E-state index contributed by atoms with van der Waals surface area (Å²) in [5, 5.41) is 10.6. The fourth-order valence-corrected chi connectivity index (χ4v) is 2.59. The summed E-state index contributed by atoms with van der Waals surface area (Å²) in [6.07, 6.45) is 0. The lowest BCUT2D eigenvalue weighted by atomic mass is 10.3. The highest BCUT2D eigenvalue weighted by Crippen LogP contribution is 2.34. The van der Waals surface area contributed by atoms with Crippen LogP contribution in [-0.4, -0.2) is 12.0 Å². The van der Waals surface area contributed by atoms with Gasteiger partial charge in [-0.1, -0.05) is 15.9 Å². The molecule has 0 spiro atoms. The first-order chi connectivity index (χ1) is 6.06. The zero-order chi connectivity index (χ0) is 10.0. The molecule has 1 aromatic carbocycles. The minimum absolute atomic E-state index is 0.0266. The van der Waals surface area contributed by atoms with E-state index < -0.39 is 4.92 Å². The third-order valence-corrected chi connectivity index (χ3v) is 2.65. The topological polar surface area (TPSA) is 52.4 Å². The molecule has 0 saturated carbocycles. The number of rotatable bonds is 2. The van der Waals surface area contributed by atoms with Crippen molar-refractivity contribution in [1.29, 1.82) is 0 Å². The maximum Gasteiger partial charge on any atom is 0.313 e. The molecule has 0 aliphatic heterocycles. The number of hydrogen-bond donors (Lipinski definition) is 0. The van der Waals surface area contributed by atoms with Crippen molar-refractivity contribution in [2.24, 2.45) is 0 Å². The zero-order valence-electron chi connectivity index (χ0n) is 6.58. The molecule has 0 fully saturated rings. The highest BCUT2D eigenvalue weighted by molar-refractivity contribution is 14.1. The van der Waals surface area contributed by atoms with E-state index in [4.69, 9.17) is 4.74 Å². The average molecular weight is 358 g/mol. The highest BCUT2D eigenvalue weighted by atomic mass is 127. The van der Waals surface area contributed by atoms with Gasteiger partial charge in [-0.3, -0.25) is 10.1 Å². The summed E-state index contributed by atoms with van der Waals surface area (Å²) >= 11 is 5.17. The second-order valence-electron chi connectivity index (χ2n) is 2.20. The molecular weight excluding hydrogens is 353 g/mol. The first-order valence-corrected chi connectivity index (χ1v) is 5.11. The number of benzene rings is 1. The van der Waals surface area contributed by atoms with Crippen LogP contribution in [-0.2, 0) is 0 Å². The molecule has 1 aromatic rings. The average Bonchev–Trinajstić information content (AvgIpc) is 2.02. The Labute approximate surface area is 96.7 Å². The SMILES string of the molecule is COc1c(I)cc(Br)cc1[N+](=O)[O-]. The predicted octanol–water partition coefficient (Wildman–Crippen LogP) is 2.97. The molecule has 0 radical (unpaired) electrons. The van der Waals surface area contributed by atoms with Gasteiger partial charge in [0.25, 0.3) is 0 Å². The van der Waals surface area contributed by atoms with Gasteiger partial charge in [-0.25, -0.2) is 0 Å². The van der Waals surface area contributed by atoms with Gasteiger partial charge in [0, 0.05) is 10.5 Å². The lowest BCUT2D eigenvalue weighted by Crippen LogP contribution is -1.95. The van der Waals surface area contributed by atoms with Gasteiger partial charge in [0.2, 0.25) is 5.75 Å². The van der Waals surface area contributed by atoms with Gasteiger partial charge < -0.3 is 4.74 Å². The Morgan fingerprint density at radius 2 is 2.23 bits per heavy atom. The van der Waals surface area contributed by atoms with E-state index in [2.05, 4.69) is 15.9 Å². The molecule has 0 heterocycles. The summed E-state index contributed by atoms with van der Waals surface area (Å²) in [6, 6.07) is 3.17. The molecular formula is C7H5BrINO3. The van der Waals surface area contributed by atoms with Gasteiger partial charge >= 0.3 is 5.69 Å². The van der Waals surface area contributed by atoms with Crippen LogP contribution < -0.4 is 4.74 Å². The first kappa shape index (κ1) is 10.7. The van der Waals surface area contributed by atoms with Gasteiger partial charge in [-0.15, -0.1) is 0 Å². The molecule has 70 valence electrons. The molecule has 0 aliphatic carbocycles. The summed E-state index contributed by atoms with van der Waals surface area (Å²) in [5.41, 5.74) is -0.0266. The van der Waals surface area contributed by atoms with Crippen molar-refractivity contribution >= 4 is 44.2 Å². The van der Waals surface area contributed by atoms with Crippen LogP contribution in [0.15, 0.2) is 16.6 Å². The van der Waals surface area contributed by atoms with E-state index in [0.29, 0.717) is 13.8 Å². The van der Waals surface area contributed by atoms with Crippen molar-refractivity contribution in [3.05, 3.63) is 30.3 Å². The summed E-state index contributed by atoms with van der Waals surface area (Å²) in [6.45, 7) is 0. The number of methoxy groups -OCH3 is 1. The van der Waals surface area contributed by atoms with Gasteiger partial charge in [0.1, 0.15) is 0 Å². The molecule has 0 saturated heterocycles. The molecule has 0 unspecified atom stereocenters. The molecule has 0 amide bonds. The fraction of sp³-hybridized carbons (Fsp3) is 0.143. The van der Waals surface area contributed by atoms with Gasteiger partial charge in [0.05, 0.1) is 15.6 Å². The largest absolute Gasteiger partial charge is 0.489 e. The van der Waals surface area contributed by atoms with Crippen LogP contribution in [0.4, 0.5) is 5.69 Å². The second-order valence-corrected chi connectivity index (χ2v) is 4.27. The third-order valence-electron chi connectivity index (χ3n) is 1.39. The molecule has 4 nitrogen and oxygen atoms in total. The van der Waals surface area contributed by atoms with Gasteiger partial charge in [-0.05, 0) is 28.7 Å². The second kappa shape index (κ2) is 4.23. The number of halogens is 2. The van der Waals surface area contributed by atoms with E-state index in [1.165, 1.54) is 13.2 Å². The van der Waals surface area contributed by atoms with Crippen LogP contribution in [0.3, 0.4) is 0 Å². The standard InChI is InChI=1S/C7H5BrINO3/c1-13-7-5(9)2-4(8)3-6(7)10(11)12/h2-3H,1H3. The van der Waals surface area contributed by atoms with Crippen LogP contribution >= 0.6 is 38.5 Å². The van der Waals surface area contributed by atoms with Crippen LogP contribution in [0, 0.1) is 13.7 Å². The van der Waals surface area contributed by atoms with E-state index in [-0.39, 0.29) is 5.69 Å². The van der Waals surface area contributed by atoms with Crippen molar-refractivity contribution in [3.63, 3.8) is 0 Å². The van der Waals surface area contributed by atoms with Crippen LogP contribution in [0.25, 0.3) is 0 Å². The zero-order valence-corrected chi connectivity index (χ0v) is 10.3. The molecule has 1 rings (SSSR count). The van der Waals surface area contributed by atoms with Crippen molar-refractivity contribution in [2.45, 2.75) is 0 Å². The van der Waals surface area contributed by atoms with Crippen LogP contribution in [0.5, 0.6) is 5.75 Å². The van der Waals surface area contributed by atoms with Crippen LogP contribution in [0.2, 0.25) is 0 Å². The lowest BCUT2D eigenvalue weighted by Gasteiger charge is -2.04. The Bertz CT molecular complexity index is 356. The lowest BCUT2D eigenvalue weighted by molar-refractivity contribution is -0.385. The van der Waals surface area contributed by atoms with E-state index in [1.807, 2.05) is 22.6 Å². The summed E-state index contributed by atoms with van der Waals surface area (Å²) in [5.74, 6) is 0.300. The Hall–Kier alpha value is -0.370. The molecule has 0 aromatic heterocycles. The van der Waals surface area contributed by atoms with Crippen molar-refractivity contribution in [1.82, 2.24) is 0 Å². The van der Waals surface area contributed by atoms with E-state index in [1.54, 1.807) is 6.07 Å². The van der Waals surface area contributed by atoms with Gasteiger partial charge in [-0.2, -0.15) is 0 Å². The number of nitro groups is 1. The predicted molar refractivity (Wildman–Crippen MR) is 60.1 cm³/mol. The monoisotopic (exact) mass is 357 g/mol. The number of ether oxygens (including phenoxy) is 1. The van der Waals surface area contributed by atoms with E-state index in [0.717, 1.165) is 0 Å². The van der Waals surface area contributed by atoms with E-state index in [9.17, 15) is 10.1 Å². The van der Waals surface area contributed by atoms with E-state index >= 15 is 0 Å². The number of nitrogens with zero attached hydrogens (tertiary/aromatic N) is 1. The molecule has 6 heteroatoms. The first-order valence-electron chi connectivity index (χ1n) is 3.23.